The third-order valence-corrected chi connectivity index (χ3v) is 4.39. The minimum Gasteiger partial charge on any atom is -0.286 e. The lowest BCUT2D eigenvalue weighted by atomic mass is 10.4. The number of nitrogens with zero attached hydrogens (tertiary/aromatic N) is 3. The van der Waals surface area contributed by atoms with Gasteiger partial charge in [-0.1, -0.05) is 27.3 Å². The van der Waals surface area contributed by atoms with Gasteiger partial charge in [0.05, 0.1) is 0 Å². The van der Waals surface area contributed by atoms with Gasteiger partial charge in [0.25, 0.3) is 0 Å². The maximum atomic E-state index is 11.6. The Morgan fingerprint density at radius 3 is 2.80 bits per heavy atom. The van der Waals surface area contributed by atoms with E-state index in [0.717, 1.165) is 16.7 Å². The SMILES string of the molecule is O=C1CC(Br)CN1c1nnc(C2CC2)s1. The molecule has 1 saturated heterocycles. The summed E-state index contributed by atoms with van der Waals surface area (Å²) in [5.41, 5.74) is 0. The zero-order chi connectivity index (χ0) is 10.4. The number of aromatic nitrogens is 2. The summed E-state index contributed by atoms with van der Waals surface area (Å²) in [7, 11) is 0. The van der Waals surface area contributed by atoms with E-state index in [1.165, 1.54) is 12.8 Å². The average Bonchev–Trinajstić information content (AvgIpc) is 2.83. The second-order valence-corrected chi connectivity index (χ2v) is 6.29. The van der Waals surface area contributed by atoms with Crippen molar-refractivity contribution >= 4 is 38.3 Å². The Morgan fingerprint density at radius 1 is 1.40 bits per heavy atom. The molecule has 1 atom stereocenters. The highest BCUT2D eigenvalue weighted by atomic mass is 79.9. The highest BCUT2D eigenvalue weighted by Gasteiger charge is 2.33. The van der Waals surface area contributed by atoms with E-state index in [-0.39, 0.29) is 10.7 Å². The number of rotatable bonds is 2. The van der Waals surface area contributed by atoms with Crippen molar-refractivity contribution in [2.45, 2.75) is 30.0 Å². The molecule has 1 aliphatic carbocycles. The van der Waals surface area contributed by atoms with Crippen LogP contribution in [0.15, 0.2) is 0 Å². The Labute approximate surface area is 99.8 Å². The third-order valence-electron chi connectivity index (χ3n) is 2.67. The smallest absolute Gasteiger partial charge is 0.230 e. The molecule has 80 valence electrons. The van der Waals surface area contributed by atoms with Gasteiger partial charge in [0.15, 0.2) is 0 Å². The summed E-state index contributed by atoms with van der Waals surface area (Å²) in [6.07, 6.45) is 3.02. The zero-order valence-corrected chi connectivity index (χ0v) is 10.4. The minimum atomic E-state index is 0.148. The van der Waals surface area contributed by atoms with Crippen molar-refractivity contribution in [3.8, 4) is 0 Å². The van der Waals surface area contributed by atoms with Crippen molar-refractivity contribution in [3.05, 3.63) is 5.01 Å². The zero-order valence-electron chi connectivity index (χ0n) is 8.02. The Morgan fingerprint density at radius 2 is 2.20 bits per heavy atom. The fourth-order valence-electron chi connectivity index (χ4n) is 1.68. The predicted molar refractivity (Wildman–Crippen MR) is 61.6 cm³/mol. The molecule has 4 nitrogen and oxygen atoms in total. The largest absolute Gasteiger partial charge is 0.286 e. The molecule has 2 heterocycles. The van der Waals surface area contributed by atoms with Gasteiger partial charge in [-0.15, -0.1) is 10.2 Å². The maximum Gasteiger partial charge on any atom is 0.230 e. The van der Waals surface area contributed by atoms with Crippen LogP contribution >= 0.6 is 27.3 Å². The summed E-state index contributed by atoms with van der Waals surface area (Å²) in [5, 5.41) is 10.1. The van der Waals surface area contributed by atoms with Crippen LogP contribution in [0.3, 0.4) is 0 Å². The number of alkyl halides is 1. The van der Waals surface area contributed by atoms with Gasteiger partial charge in [0, 0.05) is 23.7 Å². The van der Waals surface area contributed by atoms with E-state index in [4.69, 9.17) is 0 Å². The summed E-state index contributed by atoms with van der Waals surface area (Å²) in [4.78, 5) is 13.6. The van der Waals surface area contributed by atoms with Gasteiger partial charge in [0.2, 0.25) is 11.0 Å². The van der Waals surface area contributed by atoms with Crippen LogP contribution in [0.4, 0.5) is 5.13 Å². The standard InChI is InChI=1S/C9H10BrN3OS/c10-6-3-7(14)13(4-6)9-12-11-8(15-9)5-1-2-5/h5-6H,1-4H2. The molecule has 6 heteroatoms. The van der Waals surface area contributed by atoms with Crippen molar-refractivity contribution in [2.24, 2.45) is 0 Å². The topological polar surface area (TPSA) is 46.1 Å². The minimum absolute atomic E-state index is 0.148. The number of hydrogen-bond acceptors (Lipinski definition) is 4. The molecular weight excluding hydrogens is 278 g/mol. The molecule has 2 aliphatic rings. The van der Waals surface area contributed by atoms with E-state index in [9.17, 15) is 4.79 Å². The fraction of sp³-hybridized carbons (Fsp3) is 0.667. The van der Waals surface area contributed by atoms with Crippen LogP contribution < -0.4 is 4.90 Å². The van der Waals surface area contributed by atoms with Crippen LogP contribution in [0.5, 0.6) is 0 Å². The molecule has 15 heavy (non-hydrogen) atoms. The van der Waals surface area contributed by atoms with Gasteiger partial charge in [0.1, 0.15) is 5.01 Å². The molecular formula is C9H10BrN3OS. The quantitative estimate of drug-likeness (QED) is 0.781. The molecule has 0 bridgehead atoms. The highest BCUT2D eigenvalue weighted by molar-refractivity contribution is 9.09. The molecule has 1 amide bonds. The number of carbonyl (C=O) groups excluding carboxylic acids is 1. The van der Waals surface area contributed by atoms with Gasteiger partial charge < -0.3 is 0 Å². The van der Waals surface area contributed by atoms with Crippen LogP contribution in [0, 0.1) is 0 Å². The lowest BCUT2D eigenvalue weighted by molar-refractivity contribution is -0.117. The molecule has 0 N–H and O–H groups in total. The first-order valence-electron chi connectivity index (χ1n) is 5.02. The maximum absolute atomic E-state index is 11.6. The summed E-state index contributed by atoms with van der Waals surface area (Å²) in [6, 6.07) is 0. The molecule has 1 aliphatic heterocycles. The Balaban J connectivity index is 1.82. The van der Waals surface area contributed by atoms with E-state index in [1.54, 1.807) is 16.2 Å². The van der Waals surface area contributed by atoms with E-state index in [0.29, 0.717) is 12.3 Å². The Kier molecular flexibility index (Phi) is 2.28. The molecule has 0 aromatic carbocycles. The molecule has 0 radical (unpaired) electrons. The molecule has 3 rings (SSSR count). The summed E-state index contributed by atoms with van der Waals surface area (Å²) >= 11 is 5.03. The van der Waals surface area contributed by atoms with Crippen LogP contribution in [0.25, 0.3) is 0 Å². The molecule has 1 saturated carbocycles. The van der Waals surface area contributed by atoms with Gasteiger partial charge in [-0.2, -0.15) is 0 Å². The Hall–Kier alpha value is -0.490. The van der Waals surface area contributed by atoms with Crippen molar-refractivity contribution in [2.75, 3.05) is 11.4 Å². The van der Waals surface area contributed by atoms with Crippen LogP contribution in [-0.2, 0) is 4.79 Å². The first-order valence-corrected chi connectivity index (χ1v) is 6.75. The number of anilines is 1. The fourth-order valence-corrected chi connectivity index (χ4v) is 3.29. The van der Waals surface area contributed by atoms with Crippen molar-refractivity contribution in [3.63, 3.8) is 0 Å². The Bertz CT molecular complexity index is 404. The van der Waals surface area contributed by atoms with Gasteiger partial charge in [-0.3, -0.25) is 9.69 Å². The number of halogens is 1. The lowest BCUT2D eigenvalue weighted by Crippen LogP contribution is -2.24. The summed E-state index contributed by atoms with van der Waals surface area (Å²) in [5.74, 6) is 0.768. The van der Waals surface area contributed by atoms with Crippen LogP contribution in [0.2, 0.25) is 0 Å². The van der Waals surface area contributed by atoms with Crippen molar-refractivity contribution < 1.29 is 4.79 Å². The molecule has 1 aromatic rings. The van der Waals surface area contributed by atoms with E-state index in [1.807, 2.05) is 0 Å². The highest BCUT2D eigenvalue weighted by Crippen LogP contribution is 2.43. The van der Waals surface area contributed by atoms with Crippen LogP contribution in [-0.4, -0.2) is 27.5 Å². The normalized spacial score (nSPS) is 26.3. The first kappa shape index (κ1) is 9.72. The van der Waals surface area contributed by atoms with E-state index >= 15 is 0 Å². The predicted octanol–water partition coefficient (Wildman–Crippen LogP) is 1.92. The third kappa shape index (κ3) is 1.80. The van der Waals surface area contributed by atoms with Gasteiger partial charge in [-0.25, -0.2) is 0 Å². The van der Waals surface area contributed by atoms with Gasteiger partial charge in [-0.05, 0) is 12.8 Å². The molecule has 1 unspecified atom stereocenters. The van der Waals surface area contributed by atoms with E-state index < -0.39 is 0 Å². The first-order chi connectivity index (χ1) is 7.24. The van der Waals surface area contributed by atoms with Gasteiger partial charge >= 0.3 is 0 Å². The average molecular weight is 288 g/mol. The summed E-state index contributed by atoms with van der Waals surface area (Å²) in [6.45, 7) is 0.720. The summed E-state index contributed by atoms with van der Waals surface area (Å²) < 4.78 is 0. The van der Waals surface area contributed by atoms with E-state index in [2.05, 4.69) is 26.1 Å². The number of hydrogen-bond donors (Lipinski definition) is 0. The number of amides is 1. The molecule has 1 aromatic heterocycles. The second kappa shape index (κ2) is 3.52. The van der Waals surface area contributed by atoms with Crippen molar-refractivity contribution in [1.29, 1.82) is 0 Å². The van der Waals surface area contributed by atoms with Crippen LogP contribution in [0.1, 0.15) is 30.2 Å². The molecule has 0 spiro atoms. The second-order valence-electron chi connectivity index (χ2n) is 4.00. The molecule has 2 fully saturated rings. The lowest BCUT2D eigenvalue weighted by Gasteiger charge is -2.09. The monoisotopic (exact) mass is 287 g/mol. The van der Waals surface area contributed by atoms with Crippen molar-refractivity contribution in [1.82, 2.24) is 10.2 Å². The number of carbonyl (C=O) groups is 1.